The normalized spacial score (nSPS) is 10.4. The molecule has 2 N–H and O–H groups in total. The molecule has 7 heteroatoms. The minimum Gasteiger partial charge on any atom is -0.480 e. The number of carboxylic acid groups (broad SMARTS) is 1. The van der Waals surface area contributed by atoms with Crippen LogP contribution in [0.5, 0.6) is 0 Å². The highest BCUT2D eigenvalue weighted by Gasteiger charge is 2.15. The maximum Gasteiger partial charge on any atom is 0.320 e. The standard InChI is InChI=1S/C9H8N2O4S/c10-5-7-1-3-8(4-2-7)11-16(14,15)6-9(12)13/h1-4,11H,6H2,(H,12,13). The third-order valence-electron chi connectivity index (χ3n) is 1.60. The van der Waals surface area contributed by atoms with Gasteiger partial charge in [-0.1, -0.05) is 0 Å². The Labute approximate surface area is 92.2 Å². The lowest BCUT2D eigenvalue weighted by Crippen LogP contribution is -2.22. The van der Waals surface area contributed by atoms with Gasteiger partial charge in [-0.15, -0.1) is 0 Å². The van der Waals surface area contributed by atoms with Gasteiger partial charge < -0.3 is 5.11 Å². The Bertz CT molecular complexity index is 528. The van der Waals surface area contributed by atoms with Crippen LogP contribution in [0.2, 0.25) is 0 Å². The lowest BCUT2D eigenvalue weighted by atomic mass is 10.2. The largest absolute Gasteiger partial charge is 0.480 e. The summed E-state index contributed by atoms with van der Waals surface area (Å²) in [7, 11) is -3.89. The van der Waals surface area contributed by atoms with Crippen molar-refractivity contribution >= 4 is 21.7 Å². The molecule has 0 saturated heterocycles. The molecule has 0 spiro atoms. The average molecular weight is 240 g/mol. The molecule has 1 aromatic rings. The number of rotatable bonds is 4. The molecule has 0 aliphatic rings. The van der Waals surface area contributed by atoms with Gasteiger partial charge in [-0.3, -0.25) is 9.52 Å². The maximum absolute atomic E-state index is 11.2. The van der Waals surface area contributed by atoms with E-state index in [0.717, 1.165) is 0 Å². The fraction of sp³-hybridized carbons (Fsp3) is 0.111. The van der Waals surface area contributed by atoms with E-state index in [4.69, 9.17) is 10.4 Å². The molecule has 16 heavy (non-hydrogen) atoms. The molecule has 1 rings (SSSR count). The average Bonchev–Trinajstić information content (AvgIpc) is 2.16. The van der Waals surface area contributed by atoms with Gasteiger partial charge in [0.25, 0.3) is 0 Å². The molecule has 6 nitrogen and oxygen atoms in total. The van der Waals surface area contributed by atoms with Crippen molar-refractivity contribution in [3.8, 4) is 6.07 Å². The summed E-state index contributed by atoms with van der Waals surface area (Å²) in [6, 6.07) is 7.51. The number of sulfonamides is 1. The zero-order valence-corrected chi connectivity index (χ0v) is 8.86. The number of nitrogens with one attached hydrogen (secondary N) is 1. The number of nitriles is 1. The smallest absolute Gasteiger partial charge is 0.320 e. The molecule has 0 radical (unpaired) electrons. The topological polar surface area (TPSA) is 107 Å². The Kier molecular flexibility index (Phi) is 3.48. The van der Waals surface area contributed by atoms with Gasteiger partial charge >= 0.3 is 5.97 Å². The van der Waals surface area contributed by atoms with Crippen LogP contribution in [0.4, 0.5) is 5.69 Å². The van der Waals surface area contributed by atoms with Gasteiger partial charge in [0.1, 0.15) is 0 Å². The molecule has 84 valence electrons. The molecule has 0 amide bonds. The van der Waals surface area contributed by atoms with E-state index in [2.05, 4.69) is 4.72 Å². The van der Waals surface area contributed by atoms with Crippen LogP contribution < -0.4 is 4.72 Å². The Morgan fingerprint density at radius 1 is 1.38 bits per heavy atom. The van der Waals surface area contributed by atoms with E-state index in [1.54, 1.807) is 0 Å². The molecule has 0 aromatic heterocycles. The molecule has 0 bridgehead atoms. The number of nitrogens with zero attached hydrogens (tertiary/aromatic N) is 1. The van der Waals surface area contributed by atoms with Crippen molar-refractivity contribution in [3.63, 3.8) is 0 Å². The summed E-state index contributed by atoms with van der Waals surface area (Å²) in [5, 5.41) is 16.9. The van der Waals surface area contributed by atoms with Gasteiger partial charge in [-0.2, -0.15) is 5.26 Å². The Morgan fingerprint density at radius 3 is 2.38 bits per heavy atom. The first kappa shape index (κ1) is 12.0. The van der Waals surface area contributed by atoms with Crippen molar-refractivity contribution in [2.75, 3.05) is 10.5 Å². The summed E-state index contributed by atoms with van der Waals surface area (Å²) in [5.74, 6) is -2.42. The van der Waals surface area contributed by atoms with Gasteiger partial charge in [0.15, 0.2) is 5.75 Å². The van der Waals surface area contributed by atoms with E-state index < -0.39 is 21.7 Å². The first-order valence-corrected chi connectivity index (χ1v) is 5.80. The van der Waals surface area contributed by atoms with E-state index in [-0.39, 0.29) is 5.69 Å². The molecule has 0 unspecified atom stereocenters. The summed E-state index contributed by atoms with van der Waals surface area (Å²) < 4.78 is 24.5. The second kappa shape index (κ2) is 4.63. The van der Waals surface area contributed by atoms with Crippen molar-refractivity contribution in [3.05, 3.63) is 29.8 Å². The number of carboxylic acids is 1. The fourth-order valence-electron chi connectivity index (χ4n) is 0.991. The quantitative estimate of drug-likeness (QED) is 0.791. The van der Waals surface area contributed by atoms with Crippen molar-refractivity contribution in [1.82, 2.24) is 0 Å². The summed E-state index contributed by atoms with van der Waals surface area (Å²) in [4.78, 5) is 10.2. The predicted molar refractivity (Wildman–Crippen MR) is 56.2 cm³/mol. The van der Waals surface area contributed by atoms with Gasteiger partial charge in [0.05, 0.1) is 11.6 Å². The van der Waals surface area contributed by atoms with Crippen LogP contribution in [0.25, 0.3) is 0 Å². The first-order valence-electron chi connectivity index (χ1n) is 4.15. The third-order valence-corrected chi connectivity index (χ3v) is 2.77. The van der Waals surface area contributed by atoms with Crippen LogP contribution in [0, 0.1) is 11.3 Å². The first-order chi connectivity index (χ1) is 7.43. The molecule has 0 aliphatic carbocycles. The van der Waals surface area contributed by atoms with Crippen molar-refractivity contribution in [2.24, 2.45) is 0 Å². The maximum atomic E-state index is 11.2. The van der Waals surface area contributed by atoms with E-state index >= 15 is 0 Å². The zero-order chi connectivity index (χ0) is 12.2. The SMILES string of the molecule is N#Cc1ccc(NS(=O)(=O)CC(=O)O)cc1. The Morgan fingerprint density at radius 2 is 1.94 bits per heavy atom. The van der Waals surface area contributed by atoms with Crippen LogP contribution in [-0.2, 0) is 14.8 Å². The summed E-state index contributed by atoms with van der Waals surface area (Å²) in [5.41, 5.74) is 0.612. The van der Waals surface area contributed by atoms with Gasteiger partial charge in [-0.25, -0.2) is 8.42 Å². The van der Waals surface area contributed by atoms with Gasteiger partial charge in [-0.05, 0) is 24.3 Å². The van der Waals surface area contributed by atoms with Crippen LogP contribution in [0.1, 0.15) is 5.56 Å². The summed E-state index contributed by atoms with van der Waals surface area (Å²) in [6.45, 7) is 0. The predicted octanol–water partition coefficient (Wildman–Crippen LogP) is 0.385. The van der Waals surface area contributed by atoms with Gasteiger partial charge in [0, 0.05) is 5.69 Å². The molecular formula is C9H8N2O4S. The van der Waals surface area contributed by atoms with E-state index in [9.17, 15) is 13.2 Å². The second-order valence-electron chi connectivity index (χ2n) is 2.94. The summed E-state index contributed by atoms with van der Waals surface area (Å²) >= 11 is 0. The highest BCUT2D eigenvalue weighted by molar-refractivity contribution is 7.93. The number of benzene rings is 1. The highest BCUT2D eigenvalue weighted by atomic mass is 32.2. The lowest BCUT2D eigenvalue weighted by Gasteiger charge is -2.05. The third kappa shape index (κ3) is 3.59. The van der Waals surface area contributed by atoms with Crippen LogP contribution >= 0.6 is 0 Å². The van der Waals surface area contributed by atoms with E-state index in [0.29, 0.717) is 5.56 Å². The molecule has 0 fully saturated rings. The monoisotopic (exact) mass is 240 g/mol. The molecule has 0 atom stereocenters. The fourth-order valence-corrected chi connectivity index (χ4v) is 1.88. The summed E-state index contributed by atoms with van der Waals surface area (Å²) in [6.07, 6.45) is 0. The van der Waals surface area contributed by atoms with Crippen molar-refractivity contribution in [1.29, 1.82) is 5.26 Å². The Balaban J connectivity index is 2.81. The minimum atomic E-state index is -3.89. The Hall–Kier alpha value is -2.07. The van der Waals surface area contributed by atoms with Gasteiger partial charge in [0.2, 0.25) is 10.0 Å². The number of hydrogen-bond donors (Lipinski definition) is 2. The number of carbonyl (C=O) groups is 1. The molecule has 0 saturated carbocycles. The molecule has 0 heterocycles. The van der Waals surface area contributed by atoms with Crippen molar-refractivity contribution in [2.45, 2.75) is 0 Å². The van der Waals surface area contributed by atoms with E-state index in [1.165, 1.54) is 24.3 Å². The van der Waals surface area contributed by atoms with Crippen LogP contribution in [0.15, 0.2) is 24.3 Å². The number of anilines is 1. The molecule has 0 aliphatic heterocycles. The van der Waals surface area contributed by atoms with E-state index in [1.807, 2.05) is 6.07 Å². The minimum absolute atomic E-state index is 0.222. The second-order valence-corrected chi connectivity index (χ2v) is 4.67. The highest BCUT2D eigenvalue weighted by Crippen LogP contribution is 2.10. The lowest BCUT2D eigenvalue weighted by molar-refractivity contribution is -0.134. The number of hydrogen-bond acceptors (Lipinski definition) is 4. The molecule has 1 aromatic carbocycles. The van der Waals surface area contributed by atoms with Crippen LogP contribution in [-0.4, -0.2) is 25.2 Å². The molecular weight excluding hydrogens is 232 g/mol. The zero-order valence-electron chi connectivity index (χ0n) is 8.04. The number of aliphatic carboxylic acids is 1. The van der Waals surface area contributed by atoms with Crippen LogP contribution in [0.3, 0.4) is 0 Å². The van der Waals surface area contributed by atoms with Crippen molar-refractivity contribution < 1.29 is 18.3 Å².